The summed E-state index contributed by atoms with van der Waals surface area (Å²) in [6.45, 7) is 6.55. The first-order valence-electron chi connectivity index (χ1n) is 4.43. The topological polar surface area (TPSA) is 44.5 Å². The van der Waals surface area contributed by atoms with Crippen LogP contribution in [0.4, 0.5) is 23.2 Å². The molecule has 0 fully saturated rings. The van der Waals surface area contributed by atoms with Crippen LogP contribution in [0.25, 0.3) is 10.6 Å². The number of nitrogens with zero attached hydrogens (tertiary/aromatic N) is 1. The number of carbonyl (C=O) groups is 1. The lowest BCUT2D eigenvalue weighted by Crippen LogP contribution is -2.21. The molecule has 0 aliphatic carbocycles. The minimum absolute atomic E-state index is 0.160. The Balaban J connectivity index is 3.09. The van der Waals surface area contributed by atoms with Gasteiger partial charge in [-0.1, -0.05) is 17.9 Å². The molecule has 3 nitrogen and oxygen atoms in total. The Morgan fingerprint density at radius 1 is 1.39 bits per heavy atom. The molecule has 0 atom stereocenters. The molecule has 1 aromatic carbocycles. The smallest absolute Gasteiger partial charge is 0.454 e. The fraction of sp³-hybridized carbons (Fsp3) is 0.0909. The maximum atomic E-state index is 13.1. The molecule has 7 heteroatoms. The van der Waals surface area contributed by atoms with Crippen molar-refractivity contribution in [3.8, 4) is 0 Å². The first kappa shape index (κ1) is 13.7. The van der Waals surface area contributed by atoms with Crippen LogP contribution >= 0.6 is 0 Å². The van der Waals surface area contributed by atoms with Gasteiger partial charge in [-0.2, -0.15) is 13.2 Å². The lowest BCUT2D eigenvalue weighted by atomic mass is 10.1. The van der Waals surface area contributed by atoms with E-state index in [0.717, 1.165) is 12.1 Å². The largest absolute Gasteiger partial charge is 0.872 e. The number of rotatable bonds is 2. The van der Waals surface area contributed by atoms with Crippen LogP contribution in [0.5, 0.6) is 0 Å². The lowest BCUT2D eigenvalue weighted by Gasteiger charge is -2.13. The summed E-state index contributed by atoms with van der Waals surface area (Å²) in [5, 5.41) is 11.2. The van der Waals surface area contributed by atoms with Gasteiger partial charge in [0.15, 0.2) is 0 Å². The molecule has 94 valence electrons. The highest BCUT2D eigenvalue weighted by atomic mass is 19.4. The van der Waals surface area contributed by atoms with Gasteiger partial charge >= 0.3 is 6.18 Å². The van der Waals surface area contributed by atoms with Crippen LogP contribution in [-0.4, -0.2) is 12.0 Å². The Kier molecular flexibility index (Phi) is 3.71. The molecule has 0 amide bonds. The van der Waals surface area contributed by atoms with E-state index < -0.39 is 29.1 Å². The van der Waals surface area contributed by atoms with Crippen LogP contribution in [0.2, 0.25) is 0 Å². The Morgan fingerprint density at radius 2 is 2.00 bits per heavy atom. The van der Waals surface area contributed by atoms with Crippen LogP contribution in [0.15, 0.2) is 24.3 Å². The number of benzene rings is 1. The molecule has 0 spiro atoms. The third kappa shape index (κ3) is 3.07. The number of carbonyl (C=O) groups excluding carboxylic acids is 1. The Hall–Kier alpha value is -2.36. The Morgan fingerprint density at radius 3 is 2.44 bits per heavy atom. The standard InChI is InChI=1S/C11H5F4NO2/c1-16-8-3-2-6(4-7(8)12)9(17)5-10(18)11(13,14)15/h2-5,17H/p-1/b9-5-. The maximum Gasteiger partial charge on any atom is 0.454 e. The summed E-state index contributed by atoms with van der Waals surface area (Å²) in [6.07, 6.45) is -5.31. The molecule has 0 bridgehead atoms. The fourth-order valence-corrected chi connectivity index (χ4v) is 1.04. The molecule has 0 N–H and O–H groups in total. The van der Waals surface area contributed by atoms with Crippen molar-refractivity contribution in [2.45, 2.75) is 6.18 Å². The van der Waals surface area contributed by atoms with E-state index in [-0.39, 0.29) is 11.8 Å². The van der Waals surface area contributed by atoms with Gasteiger partial charge in [0.1, 0.15) is 5.82 Å². The minimum atomic E-state index is -5.15. The van der Waals surface area contributed by atoms with Crippen molar-refractivity contribution in [2.75, 3.05) is 0 Å². The van der Waals surface area contributed by atoms with Crippen molar-refractivity contribution in [1.82, 2.24) is 0 Å². The van der Waals surface area contributed by atoms with Crippen molar-refractivity contribution in [3.63, 3.8) is 0 Å². The summed E-state index contributed by atoms with van der Waals surface area (Å²) in [5.74, 6) is -4.63. The molecule has 0 heterocycles. The second-order valence-corrected chi connectivity index (χ2v) is 3.15. The summed E-state index contributed by atoms with van der Waals surface area (Å²) in [6, 6.07) is 2.52. The van der Waals surface area contributed by atoms with Gasteiger partial charge in [-0.15, -0.1) is 0 Å². The molecular weight excluding hydrogens is 254 g/mol. The molecule has 0 unspecified atom stereocenters. The van der Waals surface area contributed by atoms with Gasteiger partial charge in [0, 0.05) is 0 Å². The second kappa shape index (κ2) is 4.87. The molecule has 0 saturated heterocycles. The van der Waals surface area contributed by atoms with E-state index in [1.807, 2.05) is 0 Å². The molecule has 1 rings (SSSR count). The summed E-state index contributed by atoms with van der Waals surface area (Å²) < 4.78 is 48.7. The fourth-order valence-electron chi connectivity index (χ4n) is 1.04. The summed E-state index contributed by atoms with van der Waals surface area (Å²) >= 11 is 0. The second-order valence-electron chi connectivity index (χ2n) is 3.15. The molecule has 0 aliphatic rings. The highest BCUT2D eigenvalue weighted by Gasteiger charge is 2.36. The molecule has 0 radical (unpaired) electrons. The summed E-state index contributed by atoms with van der Waals surface area (Å²) in [7, 11) is 0. The molecule has 18 heavy (non-hydrogen) atoms. The van der Waals surface area contributed by atoms with Gasteiger partial charge in [-0.05, 0) is 17.7 Å². The van der Waals surface area contributed by atoms with E-state index in [1.165, 1.54) is 0 Å². The predicted molar refractivity (Wildman–Crippen MR) is 51.7 cm³/mol. The molecule has 0 aromatic heterocycles. The number of hydrogen-bond donors (Lipinski definition) is 0. The predicted octanol–water partition coefficient (Wildman–Crippen LogP) is 2.21. The zero-order chi connectivity index (χ0) is 13.9. The van der Waals surface area contributed by atoms with Crippen molar-refractivity contribution in [1.29, 1.82) is 0 Å². The van der Waals surface area contributed by atoms with Gasteiger partial charge in [0.25, 0.3) is 5.78 Å². The van der Waals surface area contributed by atoms with Gasteiger partial charge < -0.3 is 5.11 Å². The van der Waals surface area contributed by atoms with Crippen LogP contribution in [-0.2, 0) is 4.79 Å². The minimum Gasteiger partial charge on any atom is -0.872 e. The highest BCUT2D eigenvalue weighted by Crippen LogP contribution is 2.22. The van der Waals surface area contributed by atoms with Crippen LogP contribution in [0.1, 0.15) is 5.56 Å². The van der Waals surface area contributed by atoms with Gasteiger partial charge in [0.2, 0.25) is 5.69 Å². The summed E-state index contributed by atoms with van der Waals surface area (Å²) in [4.78, 5) is 13.3. The first-order chi connectivity index (χ1) is 8.25. The number of alkyl halides is 3. The first-order valence-corrected chi connectivity index (χ1v) is 4.43. The average molecular weight is 258 g/mol. The van der Waals surface area contributed by atoms with Crippen molar-refractivity contribution >= 4 is 17.2 Å². The van der Waals surface area contributed by atoms with Crippen molar-refractivity contribution < 1.29 is 27.5 Å². The molecule has 0 saturated carbocycles. The van der Waals surface area contributed by atoms with Crippen molar-refractivity contribution in [3.05, 3.63) is 47.1 Å². The van der Waals surface area contributed by atoms with Crippen LogP contribution < -0.4 is 5.11 Å². The van der Waals surface area contributed by atoms with Gasteiger partial charge in [0.05, 0.1) is 6.57 Å². The zero-order valence-electron chi connectivity index (χ0n) is 8.58. The number of allylic oxidation sites excluding steroid dienone is 1. The molecule has 0 aliphatic heterocycles. The van der Waals surface area contributed by atoms with E-state index >= 15 is 0 Å². The van der Waals surface area contributed by atoms with Gasteiger partial charge in [-0.3, -0.25) is 4.79 Å². The lowest BCUT2D eigenvalue weighted by molar-refractivity contribution is -0.244. The Bertz CT molecular complexity index is 555. The molecular formula is C11H4F4NO2-. The van der Waals surface area contributed by atoms with E-state index in [9.17, 15) is 27.5 Å². The number of hydrogen-bond acceptors (Lipinski definition) is 2. The molecule has 1 aromatic rings. The zero-order valence-corrected chi connectivity index (χ0v) is 8.58. The van der Waals surface area contributed by atoms with Crippen molar-refractivity contribution in [2.24, 2.45) is 0 Å². The van der Waals surface area contributed by atoms with E-state index in [2.05, 4.69) is 4.85 Å². The normalized spacial score (nSPS) is 12.1. The van der Waals surface area contributed by atoms with E-state index in [4.69, 9.17) is 6.57 Å². The number of ketones is 1. The third-order valence-corrected chi connectivity index (χ3v) is 1.89. The number of halogens is 4. The maximum absolute atomic E-state index is 13.1. The van der Waals surface area contributed by atoms with E-state index in [0.29, 0.717) is 6.07 Å². The third-order valence-electron chi connectivity index (χ3n) is 1.89. The summed E-state index contributed by atoms with van der Waals surface area (Å²) in [5.41, 5.74) is -0.800. The van der Waals surface area contributed by atoms with Crippen LogP contribution in [0, 0.1) is 12.4 Å². The quantitative estimate of drug-likeness (QED) is 0.353. The van der Waals surface area contributed by atoms with E-state index in [1.54, 1.807) is 0 Å². The Labute approximate surface area is 98.8 Å². The average Bonchev–Trinajstić information content (AvgIpc) is 2.27. The van der Waals surface area contributed by atoms with Gasteiger partial charge in [-0.25, -0.2) is 9.24 Å². The van der Waals surface area contributed by atoms with Crippen LogP contribution in [0.3, 0.4) is 0 Å². The monoisotopic (exact) mass is 258 g/mol. The highest BCUT2D eigenvalue weighted by molar-refractivity contribution is 5.98. The SMILES string of the molecule is [C-]#[N+]c1ccc(/C([O-])=C/C(=O)C(F)(F)F)cc1F.